The van der Waals surface area contributed by atoms with Gasteiger partial charge in [-0.3, -0.25) is 0 Å². The topological polar surface area (TPSA) is 34.1 Å². The van der Waals surface area contributed by atoms with Crippen LogP contribution >= 0.6 is 15.9 Å². The van der Waals surface area contributed by atoms with Crippen molar-refractivity contribution in [1.82, 2.24) is 0 Å². The molecule has 2 nitrogen and oxygen atoms in total. The Morgan fingerprint density at radius 1 is 1.18 bits per heavy atom. The summed E-state index contributed by atoms with van der Waals surface area (Å²) in [5.41, 5.74) is 2.08. The van der Waals surface area contributed by atoms with Gasteiger partial charge in [-0.15, -0.1) is 0 Å². The summed E-state index contributed by atoms with van der Waals surface area (Å²) < 4.78 is 25.7. The van der Waals surface area contributed by atoms with Gasteiger partial charge in [-0.1, -0.05) is 59.6 Å². The van der Waals surface area contributed by atoms with E-state index in [-0.39, 0.29) is 21.9 Å². The van der Waals surface area contributed by atoms with Crippen LogP contribution in [0, 0.1) is 5.41 Å². The predicted molar refractivity (Wildman–Crippen MR) is 94.3 cm³/mol. The van der Waals surface area contributed by atoms with Gasteiger partial charge < -0.3 is 0 Å². The standard InChI is InChI=1S/C18H23BrO2S/c1-18(2)12-22(20,21)15-11-7-6-10-14(15)16(17(18)19)13-8-4-3-5-9-13/h6-8,10-11,16-17H,3-5,9,12H2,1-2H3/t16-,17-/m1/s1. The van der Waals surface area contributed by atoms with Crippen molar-refractivity contribution in [2.24, 2.45) is 5.41 Å². The first kappa shape index (κ1) is 16.3. The molecule has 2 atom stereocenters. The van der Waals surface area contributed by atoms with Gasteiger partial charge in [0, 0.05) is 10.7 Å². The molecule has 3 rings (SSSR count). The lowest BCUT2D eigenvalue weighted by Crippen LogP contribution is -2.34. The molecule has 0 bridgehead atoms. The lowest BCUT2D eigenvalue weighted by molar-refractivity contribution is 0.376. The summed E-state index contributed by atoms with van der Waals surface area (Å²) in [5.74, 6) is 0.347. The van der Waals surface area contributed by atoms with Gasteiger partial charge in [-0.2, -0.15) is 0 Å². The SMILES string of the molecule is CC1(C)CS(=O)(=O)c2ccccc2[C@@H](C2=CCCCC2)[C@H]1Br. The normalized spacial score (nSPS) is 30.0. The quantitative estimate of drug-likeness (QED) is 0.513. The summed E-state index contributed by atoms with van der Waals surface area (Å²) in [6.07, 6.45) is 6.98. The van der Waals surface area contributed by atoms with Gasteiger partial charge in [-0.05, 0) is 42.7 Å². The molecule has 0 N–H and O–H groups in total. The summed E-state index contributed by atoms with van der Waals surface area (Å²) in [4.78, 5) is 0.657. The summed E-state index contributed by atoms with van der Waals surface area (Å²) in [5, 5.41) is 0. The van der Waals surface area contributed by atoms with Gasteiger partial charge in [0.15, 0.2) is 9.84 Å². The summed E-state index contributed by atoms with van der Waals surface area (Å²) >= 11 is 3.88. The molecule has 22 heavy (non-hydrogen) atoms. The van der Waals surface area contributed by atoms with E-state index in [1.54, 1.807) is 6.07 Å². The van der Waals surface area contributed by atoms with Gasteiger partial charge >= 0.3 is 0 Å². The molecular weight excluding hydrogens is 360 g/mol. The number of allylic oxidation sites excluding steroid dienone is 2. The molecule has 0 saturated carbocycles. The number of alkyl halides is 1. The molecule has 0 amide bonds. The Balaban J connectivity index is 2.23. The van der Waals surface area contributed by atoms with Gasteiger partial charge in [0.1, 0.15) is 0 Å². The van der Waals surface area contributed by atoms with Crippen LogP contribution < -0.4 is 0 Å². The molecule has 0 spiro atoms. The smallest absolute Gasteiger partial charge is 0.179 e. The molecule has 0 radical (unpaired) electrons. The minimum Gasteiger partial charge on any atom is -0.224 e. The lowest BCUT2D eigenvalue weighted by Gasteiger charge is -2.35. The molecular formula is C18H23BrO2S. The lowest BCUT2D eigenvalue weighted by atomic mass is 9.75. The number of fused-ring (bicyclic) bond motifs is 1. The van der Waals surface area contributed by atoms with E-state index >= 15 is 0 Å². The Labute approximate surface area is 142 Å². The zero-order chi connectivity index (χ0) is 16.0. The summed E-state index contributed by atoms with van der Waals surface area (Å²) in [7, 11) is -3.25. The van der Waals surface area contributed by atoms with Crippen LogP contribution in [0.4, 0.5) is 0 Å². The third kappa shape index (κ3) is 2.80. The van der Waals surface area contributed by atoms with Crippen molar-refractivity contribution in [3.63, 3.8) is 0 Å². The van der Waals surface area contributed by atoms with Crippen molar-refractivity contribution in [2.75, 3.05) is 5.75 Å². The van der Waals surface area contributed by atoms with Gasteiger partial charge in [-0.25, -0.2) is 8.42 Å². The maximum Gasteiger partial charge on any atom is 0.179 e. The molecule has 1 aliphatic heterocycles. The van der Waals surface area contributed by atoms with E-state index in [9.17, 15) is 8.42 Å². The van der Waals surface area contributed by atoms with Crippen LogP contribution in [0.5, 0.6) is 0 Å². The fraction of sp³-hybridized carbons (Fsp3) is 0.556. The first-order valence-corrected chi connectivity index (χ1v) is 10.5. The van der Waals surface area contributed by atoms with Gasteiger partial charge in [0.2, 0.25) is 0 Å². The first-order valence-electron chi connectivity index (χ1n) is 7.98. The van der Waals surface area contributed by atoms with E-state index in [1.807, 2.05) is 18.2 Å². The van der Waals surface area contributed by atoms with Crippen LogP contribution in [0.25, 0.3) is 0 Å². The van der Waals surface area contributed by atoms with Crippen molar-refractivity contribution in [3.05, 3.63) is 41.5 Å². The highest BCUT2D eigenvalue weighted by Gasteiger charge is 2.44. The maximum atomic E-state index is 12.8. The molecule has 1 aliphatic carbocycles. The molecule has 1 heterocycles. The Morgan fingerprint density at radius 3 is 2.59 bits per heavy atom. The summed E-state index contributed by atoms with van der Waals surface area (Å²) in [6.45, 7) is 4.12. The molecule has 0 aromatic heterocycles. The Kier molecular flexibility index (Phi) is 4.28. The van der Waals surface area contributed by atoms with Crippen LogP contribution in [0.15, 0.2) is 40.8 Å². The van der Waals surface area contributed by atoms with E-state index in [1.165, 1.54) is 18.4 Å². The average Bonchev–Trinajstić information content (AvgIpc) is 2.53. The van der Waals surface area contributed by atoms with E-state index in [0.717, 1.165) is 18.4 Å². The van der Waals surface area contributed by atoms with Crippen molar-refractivity contribution in [3.8, 4) is 0 Å². The van der Waals surface area contributed by atoms with Crippen LogP contribution in [0.2, 0.25) is 0 Å². The fourth-order valence-electron chi connectivity index (χ4n) is 3.81. The molecule has 0 unspecified atom stereocenters. The van der Waals surface area contributed by atoms with Crippen molar-refractivity contribution >= 4 is 25.8 Å². The van der Waals surface area contributed by atoms with Gasteiger partial charge in [0.25, 0.3) is 0 Å². The maximum absolute atomic E-state index is 12.8. The van der Waals surface area contributed by atoms with E-state index in [0.29, 0.717) is 4.90 Å². The minimum atomic E-state index is -3.25. The number of halogens is 1. The van der Waals surface area contributed by atoms with Crippen molar-refractivity contribution in [2.45, 2.75) is 55.2 Å². The van der Waals surface area contributed by atoms with Crippen molar-refractivity contribution < 1.29 is 8.42 Å². The Hall–Kier alpha value is -0.610. The second kappa shape index (κ2) is 5.79. The Bertz CT molecular complexity index is 704. The molecule has 1 aromatic rings. The van der Waals surface area contributed by atoms with Crippen LogP contribution in [-0.2, 0) is 9.84 Å². The zero-order valence-electron chi connectivity index (χ0n) is 13.2. The molecule has 2 aliphatic rings. The van der Waals surface area contributed by atoms with Crippen LogP contribution in [0.3, 0.4) is 0 Å². The molecule has 4 heteroatoms. The third-order valence-corrected chi connectivity index (χ3v) is 8.85. The number of rotatable bonds is 1. The average molecular weight is 383 g/mol. The first-order chi connectivity index (χ1) is 10.3. The Morgan fingerprint density at radius 2 is 1.91 bits per heavy atom. The second-order valence-electron chi connectivity index (χ2n) is 7.19. The van der Waals surface area contributed by atoms with Gasteiger partial charge in [0.05, 0.1) is 10.6 Å². The van der Waals surface area contributed by atoms with Crippen LogP contribution in [0.1, 0.15) is 51.0 Å². The minimum absolute atomic E-state index is 0.128. The monoisotopic (exact) mass is 382 g/mol. The molecule has 0 fully saturated rings. The van der Waals surface area contributed by atoms with E-state index < -0.39 is 9.84 Å². The van der Waals surface area contributed by atoms with E-state index in [4.69, 9.17) is 0 Å². The largest absolute Gasteiger partial charge is 0.224 e. The fourth-order valence-corrected chi connectivity index (χ4v) is 6.96. The molecule has 120 valence electrons. The molecule has 1 aromatic carbocycles. The summed E-state index contributed by atoms with van der Waals surface area (Å²) in [6, 6.07) is 7.58. The van der Waals surface area contributed by atoms with E-state index in [2.05, 4.69) is 35.9 Å². The highest BCUT2D eigenvalue weighted by atomic mass is 79.9. The highest BCUT2D eigenvalue weighted by Crippen LogP contribution is 2.49. The predicted octanol–water partition coefficient (Wildman–Crippen LogP) is 4.85. The third-order valence-electron chi connectivity index (χ3n) is 4.92. The number of sulfone groups is 1. The highest BCUT2D eigenvalue weighted by molar-refractivity contribution is 9.09. The zero-order valence-corrected chi connectivity index (χ0v) is 15.6. The second-order valence-corrected chi connectivity index (χ2v) is 10.1. The molecule has 0 saturated heterocycles. The number of hydrogen-bond acceptors (Lipinski definition) is 2. The van der Waals surface area contributed by atoms with Crippen LogP contribution in [-0.4, -0.2) is 19.0 Å². The van der Waals surface area contributed by atoms with Crippen molar-refractivity contribution in [1.29, 1.82) is 0 Å². The number of benzene rings is 1. The number of hydrogen-bond donors (Lipinski definition) is 0.